The first kappa shape index (κ1) is 14.7. The molecule has 1 aliphatic carbocycles. The third kappa shape index (κ3) is 3.67. The van der Waals surface area contributed by atoms with Crippen molar-refractivity contribution in [1.29, 1.82) is 0 Å². The molecule has 1 saturated carbocycles. The van der Waals surface area contributed by atoms with Gasteiger partial charge in [0.2, 0.25) is 0 Å². The van der Waals surface area contributed by atoms with Gasteiger partial charge in [-0.25, -0.2) is 0 Å². The molecule has 6 nitrogen and oxygen atoms in total. The van der Waals surface area contributed by atoms with Gasteiger partial charge in [-0.3, -0.25) is 4.79 Å². The van der Waals surface area contributed by atoms with Crippen molar-refractivity contribution in [2.45, 2.75) is 45.1 Å². The minimum absolute atomic E-state index is 0.233. The second-order valence-electron chi connectivity index (χ2n) is 5.77. The Labute approximate surface area is 114 Å². The fourth-order valence-corrected chi connectivity index (χ4v) is 4.57. The lowest BCUT2D eigenvalue weighted by Crippen LogP contribution is -2.48. The summed E-state index contributed by atoms with van der Waals surface area (Å²) in [5.41, 5.74) is 0. The highest BCUT2D eigenvalue weighted by molar-refractivity contribution is 7.87. The van der Waals surface area contributed by atoms with Gasteiger partial charge in [0.1, 0.15) is 0 Å². The molecule has 2 fully saturated rings. The van der Waals surface area contributed by atoms with Crippen LogP contribution in [0.15, 0.2) is 0 Å². The monoisotopic (exact) mass is 290 g/mol. The number of nitrogens with one attached hydrogen (secondary N) is 1. The first-order valence-corrected chi connectivity index (χ1v) is 8.32. The van der Waals surface area contributed by atoms with Gasteiger partial charge in [-0.15, -0.1) is 0 Å². The predicted octanol–water partition coefficient (Wildman–Crippen LogP) is 0.806. The number of carboxylic acids is 1. The highest BCUT2D eigenvalue weighted by atomic mass is 32.2. The van der Waals surface area contributed by atoms with E-state index in [9.17, 15) is 13.2 Å². The van der Waals surface area contributed by atoms with Crippen LogP contribution in [0.4, 0.5) is 0 Å². The van der Waals surface area contributed by atoms with Gasteiger partial charge in [0.05, 0.1) is 5.92 Å². The summed E-state index contributed by atoms with van der Waals surface area (Å²) in [6.45, 7) is 3.18. The van der Waals surface area contributed by atoms with Crippen LogP contribution >= 0.6 is 0 Å². The summed E-state index contributed by atoms with van der Waals surface area (Å²) in [6, 6.07) is -0.233. The summed E-state index contributed by atoms with van der Waals surface area (Å²) in [4.78, 5) is 10.9. The second kappa shape index (κ2) is 5.76. The molecule has 0 aromatic carbocycles. The Bertz CT molecular complexity index is 437. The van der Waals surface area contributed by atoms with Gasteiger partial charge in [-0.1, -0.05) is 6.92 Å². The lowest BCUT2D eigenvalue weighted by Gasteiger charge is -2.31. The Hall–Kier alpha value is -0.660. The summed E-state index contributed by atoms with van der Waals surface area (Å²) in [7, 11) is -3.46. The fourth-order valence-electron chi connectivity index (χ4n) is 2.96. The molecule has 0 bridgehead atoms. The quantitative estimate of drug-likeness (QED) is 0.802. The molecule has 0 amide bonds. The zero-order chi connectivity index (χ0) is 14.0. The van der Waals surface area contributed by atoms with Crippen molar-refractivity contribution in [1.82, 2.24) is 9.03 Å². The standard InChI is InChI=1S/C12H22N2O4S/c1-9-3-2-6-14(8-9)19(17,18)13-11-5-4-10(7-11)12(15)16/h9-11,13H,2-8H2,1H3,(H,15,16)/t9?,10-,11+/m1/s1. The zero-order valence-corrected chi connectivity index (χ0v) is 12.0. The number of hydrogen-bond donors (Lipinski definition) is 2. The molecule has 7 heteroatoms. The number of carbonyl (C=O) groups is 1. The van der Waals surface area contributed by atoms with Crippen LogP contribution in [0.3, 0.4) is 0 Å². The molecule has 1 unspecified atom stereocenters. The van der Waals surface area contributed by atoms with E-state index in [1.165, 1.54) is 4.31 Å². The van der Waals surface area contributed by atoms with Crippen molar-refractivity contribution in [3.8, 4) is 0 Å². The molecule has 3 atom stereocenters. The molecule has 1 heterocycles. The lowest BCUT2D eigenvalue weighted by molar-refractivity contribution is -0.141. The van der Waals surface area contributed by atoms with Crippen molar-refractivity contribution in [3.05, 3.63) is 0 Å². The maximum absolute atomic E-state index is 12.2. The minimum atomic E-state index is -3.46. The van der Waals surface area contributed by atoms with E-state index in [2.05, 4.69) is 11.6 Å². The predicted molar refractivity (Wildman–Crippen MR) is 70.8 cm³/mol. The average Bonchev–Trinajstić information content (AvgIpc) is 2.77. The maximum Gasteiger partial charge on any atom is 0.306 e. The number of carboxylic acid groups (broad SMARTS) is 1. The molecule has 0 spiro atoms. The van der Waals surface area contributed by atoms with Gasteiger partial charge < -0.3 is 5.11 Å². The highest BCUT2D eigenvalue weighted by Gasteiger charge is 2.34. The van der Waals surface area contributed by atoms with E-state index >= 15 is 0 Å². The van der Waals surface area contributed by atoms with Gasteiger partial charge in [0.15, 0.2) is 0 Å². The Morgan fingerprint density at radius 1 is 1.32 bits per heavy atom. The van der Waals surface area contributed by atoms with Crippen molar-refractivity contribution in [3.63, 3.8) is 0 Å². The van der Waals surface area contributed by atoms with E-state index in [0.717, 1.165) is 12.8 Å². The number of rotatable bonds is 4. The van der Waals surface area contributed by atoms with Crippen LogP contribution in [0.25, 0.3) is 0 Å². The second-order valence-corrected chi connectivity index (χ2v) is 7.48. The van der Waals surface area contributed by atoms with Crippen molar-refractivity contribution < 1.29 is 18.3 Å². The van der Waals surface area contributed by atoms with Gasteiger partial charge in [0, 0.05) is 19.1 Å². The van der Waals surface area contributed by atoms with Gasteiger partial charge in [-0.2, -0.15) is 17.4 Å². The Kier molecular flexibility index (Phi) is 4.47. The topological polar surface area (TPSA) is 86.7 Å². The van der Waals surface area contributed by atoms with Gasteiger partial charge in [0.25, 0.3) is 10.2 Å². The maximum atomic E-state index is 12.2. The SMILES string of the molecule is CC1CCCN(S(=O)(=O)N[C@H]2CC[C@@H](C(=O)O)C2)C1. The van der Waals surface area contributed by atoms with E-state index < -0.39 is 22.1 Å². The Balaban J connectivity index is 1.92. The first-order valence-electron chi connectivity index (χ1n) is 6.88. The molecule has 2 aliphatic rings. The smallest absolute Gasteiger partial charge is 0.306 e. The van der Waals surface area contributed by atoms with Crippen molar-refractivity contribution in [2.75, 3.05) is 13.1 Å². The number of piperidine rings is 1. The third-order valence-corrected chi connectivity index (χ3v) is 5.70. The van der Waals surface area contributed by atoms with Crippen LogP contribution in [-0.4, -0.2) is 42.9 Å². The van der Waals surface area contributed by atoms with Crippen molar-refractivity contribution >= 4 is 16.2 Å². The van der Waals surface area contributed by atoms with E-state index in [1.54, 1.807) is 0 Å². The molecule has 2 N–H and O–H groups in total. The number of nitrogens with zero attached hydrogens (tertiary/aromatic N) is 1. The van der Waals surface area contributed by atoms with E-state index in [4.69, 9.17) is 5.11 Å². The fraction of sp³-hybridized carbons (Fsp3) is 0.917. The minimum Gasteiger partial charge on any atom is -0.481 e. The summed E-state index contributed by atoms with van der Waals surface area (Å²) in [6.07, 6.45) is 3.53. The van der Waals surface area contributed by atoms with E-state index in [1.807, 2.05) is 0 Å². The summed E-state index contributed by atoms with van der Waals surface area (Å²) in [5.74, 6) is -0.845. The third-order valence-electron chi connectivity index (χ3n) is 4.06. The molecule has 19 heavy (non-hydrogen) atoms. The highest BCUT2D eigenvalue weighted by Crippen LogP contribution is 2.27. The molecule has 0 radical (unpaired) electrons. The van der Waals surface area contributed by atoms with Crippen LogP contribution in [0.5, 0.6) is 0 Å². The Morgan fingerprint density at radius 2 is 2.05 bits per heavy atom. The summed E-state index contributed by atoms with van der Waals surface area (Å²) in [5, 5.41) is 8.93. The molecule has 0 aromatic rings. The molecule has 0 aromatic heterocycles. The normalized spacial score (nSPS) is 33.4. The molecular formula is C12H22N2O4S. The van der Waals surface area contributed by atoms with Gasteiger partial charge in [-0.05, 0) is 38.0 Å². The van der Waals surface area contributed by atoms with Crippen LogP contribution in [0.1, 0.15) is 39.0 Å². The van der Waals surface area contributed by atoms with Crippen LogP contribution in [0, 0.1) is 11.8 Å². The van der Waals surface area contributed by atoms with Gasteiger partial charge >= 0.3 is 5.97 Å². The molecule has 2 rings (SSSR count). The number of aliphatic carboxylic acids is 1. The zero-order valence-electron chi connectivity index (χ0n) is 11.2. The van der Waals surface area contributed by atoms with Crippen LogP contribution in [-0.2, 0) is 15.0 Å². The largest absolute Gasteiger partial charge is 0.481 e. The molecule has 1 saturated heterocycles. The Morgan fingerprint density at radius 3 is 2.63 bits per heavy atom. The van der Waals surface area contributed by atoms with E-state index in [-0.39, 0.29) is 6.04 Å². The molecular weight excluding hydrogens is 268 g/mol. The van der Waals surface area contributed by atoms with E-state index in [0.29, 0.717) is 38.3 Å². The van der Waals surface area contributed by atoms with Crippen LogP contribution in [0.2, 0.25) is 0 Å². The van der Waals surface area contributed by atoms with Crippen LogP contribution < -0.4 is 4.72 Å². The summed E-state index contributed by atoms with van der Waals surface area (Å²) < 4.78 is 28.6. The molecule has 1 aliphatic heterocycles. The number of hydrogen-bond acceptors (Lipinski definition) is 3. The lowest BCUT2D eigenvalue weighted by atomic mass is 10.0. The average molecular weight is 290 g/mol. The first-order chi connectivity index (χ1) is 8.88. The summed E-state index contributed by atoms with van der Waals surface area (Å²) >= 11 is 0. The molecule has 110 valence electrons. The van der Waals surface area contributed by atoms with Crippen molar-refractivity contribution in [2.24, 2.45) is 11.8 Å².